The number of rotatable bonds is 6. The van der Waals surface area contributed by atoms with E-state index in [0.717, 1.165) is 17.7 Å². The van der Waals surface area contributed by atoms with Gasteiger partial charge in [0.25, 0.3) is 5.91 Å². The van der Waals surface area contributed by atoms with E-state index in [9.17, 15) is 22.8 Å². The Bertz CT molecular complexity index is 913. The third-order valence-electron chi connectivity index (χ3n) is 5.36. The van der Waals surface area contributed by atoms with Crippen molar-refractivity contribution in [3.05, 3.63) is 29.8 Å². The molecule has 0 bridgehead atoms. The van der Waals surface area contributed by atoms with Gasteiger partial charge in [0.05, 0.1) is 17.4 Å². The fourth-order valence-corrected chi connectivity index (χ4v) is 5.40. The predicted molar refractivity (Wildman–Crippen MR) is 107 cm³/mol. The molecule has 1 aromatic rings. The second kappa shape index (κ2) is 8.52. The van der Waals surface area contributed by atoms with E-state index in [2.05, 4.69) is 5.32 Å². The van der Waals surface area contributed by atoms with Gasteiger partial charge < -0.3 is 15.0 Å². The Balaban J connectivity index is 1.57. The number of hydrogen-bond donors (Lipinski definition) is 1. The molecular weight excluding hydrogens is 396 g/mol. The number of carbonyl (C=O) groups is 3. The van der Waals surface area contributed by atoms with E-state index in [1.54, 1.807) is 4.90 Å². The summed E-state index contributed by atoms with van der Waals surface area (Å²) >= 11 is 0. The normalized spacial score (nSPS) is 24.3. The number of anilines is 1. The van der Waals surface area contributed by atoms with E-state index in [1.807, 2.05) is 31.2 Å². The maximum atomic E-state index is 12.5. The van der Waals surface area contributed by atoms with Crippen molar-refractivity contribution in [2.24, 2.45) is 5.92 Å². The number of carbonyl (C=O) groups excluding carboxylic acids is 3. The molecular formula is C20H26N2O6S. The van der Waals surface area contributed by atoms with Crippen LogP contribution in [0.1, 0.15) is 32.3 Å². The van der Waals surface area contributed by atoms with Gasteiger partial charge in [-0.2, -0.15) is 0 Å². The van der Waals surface area contributed by atoms with Gasteiger partial charge >= 0.3 is 5.97 Å². The molecule has 0 aliphatic carbocycles. The Labute approximate surface area is 170 Å². The summed E-state index contributed by atoms with van der Waals surface area (Å²) in [6, 6.07) is 7.11. The molecule has 0 aromatic heterocycles. The molecule has 3 atom stereocenters. The van der Waals surface area contributed by atoms with Gasteiger partial charge in [0.1, 0.15) is 0 Å². The lowest BCUT2D eigenvalue weighted by atomic mass is 10.1. The Hall–Kier alpha value is -2.42. The molecule has 2 amide bonds. The first-order valence-electron chi connectivity index (χ1n) is 9.79. The molecule has 2 fully saturated rings. The van der Waals surface area contributed by atoms with Gasteiger partial charge in [-0.05, 0) is 31.4 Å². The fraction of sp³-hybridized carbons (Fsp3) is 0.550. The monoisotopic (exact) mass is 422 g/mol. The summed E-state index contributed by atoms with van der Waals surface area (Å²) in [4.78, 5) is 38.8. The molecule has 0 saturated carbocycles. The molecule has 0 spiro atoms. The first kappa shape index (κ1) is 21.3. The first-order valence-corrected chi connectivity index (χ1v) is 11.6. The fourth-order valence-electron chi connectivity index (χ4n) is 3.72. The number of nitrogens with one attached hydrogen (secondary N) is 1. The zero-order chi connectivity index (χ0) is 21.2. The van der Waals surface area contributed by atoms with Gasteiger partial charge in [-0.25, -0.2) is 8.42 Å². The standard InChI is InChI=1S/C20H26N2O6S/c1-3-14-6-4-5-7-17(14)22-11-15(10-18(22)23)20(25)28-13(2)19(24)21-16-8-9-29(26,27)12-16/h4-7,13,15-16H,3,8-12H2,1-2H3,(H,21,24)/t13-,15+,16-/m1/s1. The maximum Gasteiger partial charge on any atom is 0.312 e. The Morgan fingerprint density at radius 1 is 1.31 bits per heavy atom. The number of amides is 2. The van der Waals surface area contributed by atoms with Crippen LogP contribution >= 0.6 is 0 Å². The van der Waals surface area contributed by atoms with Crippen LogP contribution in [0.3, 0.4) is 0 Å². The van der Waals surface area contributed by atoms with Gasteiger partial charge in [0.15, 0.2) is 15.9 Å². The summed E-state index contributed by atoms with van der Waals surface area (Å²) in [6.45, 7) is 3.66. The highest BCUT2D eigenvalue weighted by Gasteiger charge is 2.38. The summed E-state index contributed by atoms with van der Waals surface area (Å²) in [6.07, 6.45) is 0.102. The third-order valence-corrected chi connectivity index (χ3v) is 7.13. The third kappa shape index (κ3) is 4.95. The molecule has 8 nitrogen and oxygen atoms in total. The van der Waals surface area contributed by atoms with Crippen LogP contribution in [-0.4, -0.2) is 56.4 Å². The molecule has 1 N–H and O–H groups in total. The molecule has 3 rings (SSSR count). The summed E-state index contributed by atoms with van der Waals surface area (Å²) < 4.78 is 28.3. The molecule has 2 aliphatic rings. The highest BCUT2D eigenvalue weighted by Crippen LogP contribution is 2.29. The summed E-state index contributed by atoms with van der Waals surface area (Å²) in [5.41, 5.74) is 1.82. The lowest BCUT2D eigenvalue weighted by molar-refractivity contribution is -0.158. The number of aryl methyl sites for hydroxylation is 1. The van der Waals surface area contributed by atoms with Gasteiger partial charge in [-0.15, -0.1) is 0 Å². The van der Waals surface area contributed by atoms with Crippen LogP contribution in [0, 0.1) is 5.92 Å². The van der Waals surface area contributed by atoms with Crippen LogP contribution in [0.25, 0.3) is 0 Å². The SMILES string of the molecule is CCc1ccccc1N1C[C@@H](C(=O)O[C@H](C)C(=O)N[C@@H]2CCS(=O)(=O)C2)CC1=O. The van der Waals surface area contributed by atoms with Crippen molar-refractivity contribution in [1.82, 2.24) is 5.32 Å². The minimum absolute atomic E-state index is 0.0338. The number of hydrogen-bond acceptors (Lipinski definition) is 6. The largest absolute Gasteiger partial charge is 0.452 e. The van der Waals surface area contributed by atoms with E-state index in [1.165, 1.54) is 6.92 Å². The number of sulfone groups is 1. The predicted octanol–water partition coefficient (Wildman–Crippen LogP) is 0.837. The van der Waals surface area contributed by atoms with Crippen LogP contribution in [0.5, 0.6) is 0 Å². The van der Waals surface area contributed by atoms with Crippen molar-refractivity contribution in [1.29, 1.82) is 0 Å². The summed E-state index contributed by atoms with van der Waals surface area (Å²) in [5.74, 6) is -1.97. The second-order valence-corrected chi connectivity index (χ2v) is 9.80. The average Bonchev–Trinajstić information content (AvgIpc) is 3.23. The smallest absolute Gasteiger partial charge is 0.312 e. The molecule has 2 aliphatic heterocycles. The van der Waals surface area contributed by atoms with Crippen molar-refractivity contribution < 1.29 is 27.5 Å². The topological polar surface area (TPSA) is 110 Å². The Kier molecular flexibility index (Phi) is 6.26. The minimum atomic E-state index is -3.11. The van der Waals surface area contributed by atoms with Gasteiger partial charge in [-0.3, -0.25) is 14.4 Å². The minimum Gasteiger partial charge on any atom is -0.452 e. The van der Waals surface area contributed by atoms with E-state index >= 15 is 0 Å². The highest BCUT2D eigenvalue weighted by atomic mass is 32.2. The number of para-hydroxylation sites is 1. The highest BCUT2D eigenvalue weighted by molar-refractivity contribution is 7.91. The van der Waals surface area contributed by atoms with E-state index in [4.69, 9.17) is 4.74 Å². The average molecular weight is 423 g/mol. The molecule has 2 saturated heterocycles. The van der Waals surface area contributed by atoms with E-state index in [0.29, 0.717) is 6.42 Å². The zero-order valence-electron chi connectivity index (χ0n) is 16.6. The number of ether oxygens (including phenoxy) is 1. The lowest BCUT2D eigenvalue weighted by Crippen LogP contribution is -2.43. The molecule has 0 unspecified atom stereocenters. The van der Waals surface area contributed by atoms with Crippen LogP contribution in [0.4, 0.5) is 5.69 Å². The number of nitrogens with zero attached hydrogens (tertiary/aromatic N) is 1. The molecule has 2 heterocycles. The molecule has 158 valence electrons. The molecule has 29 heavy (non-hydrogen) atoms. The number of esters is 1. The van der Waals surface area contributed by atoms with E-state index in [-0.39, 0.29) is 30.4 Å². The Morgan fingerprint density at radius 3 is 2.69 bits per heavy atom. The van der Waals surface area contributed by atoms with Crippen molar-refractivity contribution in [3.63, 3.8) is 0 Å². The van der Waals surface area contributed by atoms with Crippen LogP contribution in [0.2, 0.25) is 0 Å². The molecule has 9 heteroatoms. The Morgan fingerprint density at radius 2 is 2.03 bits per heavy atom. The van der Waals surface area contributed by atoms with Crippen molar-refractivity contribution in [2.75, 3.05) is 23.0 Å². The molecule has 1 aromatic carbocycles. The van der Waals surface area contributed by atoms with Crippen LogP contribution in [0.15, 0.2) is 24.3 Å². The van der Waals surface area contributed by atoms with Gasteiger partial charge in [0, 0.05) is 24.7 Å². The van der Waals surface area contributed by atoms with Crippen molar-refractivity contribution in [2.45, 2.75) is 45.3 Å². The zero-order valence-corrected chi connectivity index (χ0v) is 17.4. The summed E-state index contributed by atoms with van der Waals surface area (Å²) in [5, 5.41) is 2.62. The first-order chi connectivity index (χ1) is 13.7. The summed E-state index contributed by atoms with van der Waals surface area (Å²) in [7, 11) is -3.11. The van der Waals surface area contributed by atoms with Gasteiger partial charge in [0.2, 0.25) is 5.91 Å². The van der Waals surface area contributed by atoms with Crippen LogP contribution in [-0.2, 0) is 35.4 Å². The second-order valence-electron chi connectivity index (χ2n) is 7.58. The van der Waals surface area contributed by atoms with Crippen molar-refractivity contribution >= 4 is 33.3 Å². The quantitative estimate of drug-likeness (QED) is 0.680. The van der Waals surface area contributed by atoms with Gasteiger partial charge in [-0.1, -0.05) is 25.1 Å². The maximum absolute atomic E-state index is 12.5. The molecule has 0 radical (unpaired) electrons. The number of benzene rings is 1. The van der Waals surface area contributed by atoms with Crippen LogP contribution < -0.4 is 10.2 Å². The van der Waals surface area contributed by atoms with Crippen molar-refractivity contribution in [3.8, 4) is 0 Å². The van der Waals surface area contributed by atoms with E-state index < -0.39 is 39.8 Å². The lowest BCUT2D eigenvalue weighted by Gasteiger charge is -2.20.